The third-order valence-corrected chi connectivity index (χ3v) is 5.01. The van der Waals surface area contributed by atoms with E-state index in [1.165, 1.54) is 0 Å². The van der Waals surface area contributed by atoms with Crippen molar-refractivity contribution in [2.24, 2.45) is 5.73 Å². The second-order valence-corrected chi connectivity index (χ2v) is 7.06. The van der Waals surface area contributed by atoms with Crippen LogP contribution < -0.4 is 10.5 Å². The predicted octanol–water partition coefficient (Wildman–Crippen LogP) is 1.91. The first-order valence-electron chi connectivity index (χ1n) is 6.07. The summed E-state index contributed by atoms with van der Waals surface area (Å²) in [5.74, 6) is 0.598. The number of benzene rings is 1. The average Bonchev–Trinajstić information content (AvgIpc) is 2.29. The molecule has 4 nitrogen and oxygen atoms in total. The average molecular weight is 271 g/mol. The van der Waals surface area contributed by atoms with Crippen molar-refractivity contribution >= 4 is 9.84 Å². The van der Waals surface area contributed by atoms with Gasteiger partial charge >= 0.3 is 0 Å². The number of hydrogen-bond donors (Lipinski definition) is 1. The Morgan fingerprint density at radius 3 is 2.44 bits per heavy atom. The van der Waals surface area contributed by atoms with E-state index in [-0.39, 0.29) is 5.75 Å². The summed E-state index contributed by atoms with van der Waals surface area (Å²) < 4.78 is 29.2. The summed E-state index contributed by atoms with van der Waals surface area (Å²) in [7, 11) is -3.16. The van der Waals surface area contributed by atoms with Crippen LogP contribution in [-0.4, -0.2) is 26.0 Å². The molecule has 102 valence electrons. The molecule has 1 aromatic carbocycles. The molecule has 0 saturated carbocycles. The fraction of sp³-hybridized carbons (Fsp3) is 0.538. The first-order chi connectivity index (χ1) is 8.38. The Morgan fingerprint density at radius 2 is 1.89 bits per heavy atom. The lowest BCUT2D eigenvalue weighted by atomic mass is 10.1. The minimum Gasteiger partial charge on any atom is -0.494 e. The first kappa shape index (κ1) is 15.0. The third kappa shape index (κ3) is 3.71. The highest BCUT2D eigenvalue weighted by atomic mass is 32.2. The van der Waals surface area contributed by atoms with E-state index in [9.17, 15) is 8.42 Å². The molecule has 0 aliphatic heterocycles. The zero-order valence-corrected chi connectivity index (χ0v) is 11.9. The van der Waals surface area contributed by atoms with Gasteiger partial charge in [-0.15, -0.1) is 0 Å². The number of para-hydroxylation sites is 1. The van der Waals surface area contributed by atoms with Gasteiger partial charge in [-0.1, -0.05) is 18.2 Å². The molecule has 0 aliphatic carbocycles. The van der Waals surface area contributed by atoms with Crippen molar-refractivity contribution in [3.05, 3.63) is 29.8 Å². The maximum atomic E-state index is 11.9. The molecule has 0 amide bonds. The van der Waals surface area contributed by atoms with Gasteiger partial charge in [0.2, 0.25) is 0 Å². The van der Waals surface area contributed by atoms with Crippen LogP contribution in [0.1, 0.15) is 32.4 Å². The number of hydrogen-bond acceptors (Lipinski definition) is 4. The quantitative estimate of drug-likeness (QED) is 0.858. The van der Waals surface area contributed by atoms with Gasteiger partial charge in [0.1, 0.15) is 5.75 Å². The fourth-order valence-electron chi connectivity index (χ4n) is 1.61. The van der Waals surface area contributed by atoms with E-state index < -0.39 is 21.1 Å². The minimum atomic E-state index is -3.16. The van der Waals surface area contributed by atoms with Crippen LogP contribution in [0.5, 0.6) is 5.75 Å². The maximum Gasteiger partial charge on any atom is 0.154 e. The molecule has 0 fully saturated rings. The lowest BCUT2D eigenvalue weighted by Crippen LogP contribution is -2.27. The van der Waals surface area contributed by atoms with Crippen molar-refractivity contribution in [2.45, 2.75) is 32.1 Å². The molecule has 0 aliphatic rings. The molecule has 1 unspecified atom stereocenters. The van der Waals surface area contributed by atoms with Crippen LogP contribution in [0.15, 0.2) is 24.3 Å². The van der Waals surface area contributed by atoms with Crippen molar-refractivity contribution < 1.29 is 13.2 Å². The Balaban J connectivity index is 2.94. The topological polar surface area (TPSA) is 69.4 Å². The molecule has 1 atom stereocenters. The van der Waals surface area contributed by atoms with Crippen molar-refractivity contribution in [3.63, 3.8) is 0 Å². The Bertz CT molecular complexity index is 483. The molecule has 1 aromatic rings. The number of sulfone groups is 1. The molecule has 0 heterocycles. The summed E-state index contributed by atoms with van der Waals surface area (Å²) in [5, 5.41) is -0.414. The second kappa shape index (κ2) is 6.20. The van der Waals surface area contributed by atoms with E-state index in [1.807, 2.05) is 25.1 Å². The Morgan fingerprint density at radius 1 is 1.28 bits per heavy atom. The SMILES string of the molecule is CCOc1ccccc1C(N)CS(=O)(=O)C(C)C. The second-order valence-electron chi connectivity index (χ2n) is 4.46. The lowest BCUT2D eigenvalue weighted by Gasteiger charge is -2.17. The zero-order chi connectivity index (χ0) is 13.8. The number of ether oxygens (including phenoxy) is 1. The zero-order valence-electron chi connectivity index (χ0n) is 11.1. The van der Waals surface area contributed by atoms with Crippen molar-refractivity contribution in [2.75, 3.05) is 12.4 Å². The summed E-state index contributed by atoms with van der Waals surface area (Å²) in [6.45, 7) is 5.74. The first-order valence-corrected chi connectivity index (χ1v) is 7.79. The highest BCUT2D eigenvalue weighted by Gasteiger charge is 2.22. The molecule has 1 rings (SSSR count). The molecule has 0 aromatic heterocycles. The molecule has 0 saturated heterocycles. The fourth-order valence-corrected chi connectivity index (χ4v) is 2.67. The van der Waals surface area contributed by atoms with E-state index in [2.05, 4.69) is 0 Å². The molecular formula is C13H21NO3S. The molecular weight excluding hydrogens is 250 g/mol. The van der Waals surface area contributed by atoms with E-state index in [0.717, 1.165) is 5.56 Å². The third-order valence-electron chi connectivity index (χ3n) is 2.75. The number of nitrogens with two attached hydrogens (primary N) is 1. The van der Waals surface area contributed by atoms with Crippen LogP contribution in [0.4, 0.5) is 0 Å². The van der Waals surface area contributed by atoms with Gasteiger partial charge in [-0.25, -0.2) is 8.42 Å². The predicted molar refractivity (Wildman–Crippen MR) is 73.5 cm³/mol. The van der Waals surface area contributed by atoms with Crippen LogP contribution in [0.3, 0.4) is 0 Å². The molecule has 2 N–H and O–H groups in total. The van der Waals surface area contributed by atoms with Crippen molar-refractivity contribution in [3.8, 4) is 5.75 Å². The smallest absolute Gasteiger partial charge is 0.154 e. The minimum absolute atomic E-state index is 0.0608. The van der Waals surface area contributed by atoms with Crippen molar-refractivity contribution in [1.82, 2.24) is 0 Å². The number of rotatable bonds is 6. The van der Waals surface area contributed by atoms with Crippen LogP contribution in [0, 0.1) is 0 Å². The molecule has 5 heteroatoms. The van der Waals surface area contributed by atoms with Gasteiger partial charge in [0.15, 0.2) is 9.84 Å². The maximum absolute atomic E-state index is 11.9. The monoisotopic (exact) mass is 271 g/mol. The largest absolute Gasteiger partial charge is 0.494 e. The van der Waals surface area contributed by atoms with Gasteiger partial charge in [0.25, 0.3) is 0 Å². The Hall–Kier alpha value is -1.07. The Kier molecular flexibility index (Phi) is 5.16. The van der Waals surface area contributed by atoms with Crippen LogP contribution in [0.25, 0.3) is 0 Å². The van der Waals surface area contributed by atoms with Gasteiger partial charge in [0, 0.05) is 11.6 Å². The van der Waals surface area contributed by atoms with E-state index in [1.54, 1.807) is 19.9 Å². The van der Waals surface area contributed by atoms with Gasteiger partial charge in [-0.2, -0.15) is 0 Å². The summed E-state index contributed by atoms with van der Waals surface area (Å²) in [4.78, 5) is 0. The van der Waals surface area contributed by atoms with Crippen LogP contribution in [-0.2, 0) is 9.84 Å². The molecule has 0 bridgehead atoms. The van der Waals surface area contributed by atoms with Gasteiger partial charge in [0.05, 0.1) is 17.6 Å². The van der Waals surface area contributed by atoms with E-state index in [4.69, 9.17) is 10.5 Å². The van der Waals surface area contributed by atoms with E-state index in [0.29, 0.717) is 12.4 Å². The summed E-state index contributed by atoms with van der Waals surface area (Å²) in [6, 6.07) is 6.74. The van der Waals surface area contributed by atoms with Crippen molar-refractivity contribution in [1.29, 1.82) is 0 Å². The normalized spacial score (nSPS) is 13.6. The highest BCUT2D eigenvalue weighted by molar-refractivity contribution is 7.92. The summed E-state index contributed by atoms with van der Waals surface area (Å²) in [6.07, 6.45) is 0. The highest BCUT2D eigenvalue weighted by Crippen LogP contribution is 2.25. The molecule has 0 spiro atoms. The Labute approximate surface area is 109 Å². The van der Waals surface area contributed by atoms with Gasteiger partial charge in [-0.05, 0) is 26.8 Å². The van der Waals surface area contributed by atoms with Crippen LogP contribution in [0.2, 0.25) is 0 Å². The van der Waals surface area contributed by atoms with Gasteiger partial charge < -0.3 is 10.5 Å². The lowest BCUT2D eigenvalue weighted by molar-refractivity contribution is 0.335. The van der Waals surface area contributed by atoms with Gasteiger partial charge in [-0.3, -0.25) is 0 Å². The molecule has 18 heavy (non-hydrogen) atoms. The standard InChI is InChI=1S/C13H21NO3S/c1-4-17-13-8-6-5-7-11(13)12(14)9-18(15,16)10(2)3/h5-8,10,12H,4,9,14H2,1-3H3. The summed E-state index contributed by atoms with van der Waals surface area (Å²) >= 11 is 0. The molecule has 0 radical (unpaired) electrons. The summed E-state index contributed by atoms with van der Waals surface area (Å²) in [5.41, 5.74) is 6.73. The van der Waals surface area contributed by atoms with E-state index >= 15 is 0 Å². The van der Waals surface area contributed by atoms with Crippen LogP contribution >= 0.6 is 0 Å².